The molecule has 0 amide bonds. The van der Waals surface area contributed by atoms with Gasteiger partial charge in [-0.1, -0.05) is 0 Å². The fraction of sp³-hybridized carbons (Fsp3) is 0.125. The van der Waals surface area contributed by atoms with E-state index in [0.29, 0.717) is 11.5 Å². The Bertz CT molecular complexity index is 878. The number of rotatable bonds is 3. The van der Waals surface area contributed by atoms with Crippen LogP contribution in [0.15, 0.2) is 36.4 Å². The molecule has 0 saturated heterocycles. The summed E-state index contributed by atoms with van der Waals surface area (Å²) in [5.74, 6) is 1.96. The van der Waals surface area contributed by atoms with Gasteiger partial charge in [-0.05, 0) is 0 Å². The summed E-state index contributed by atoms with van der Waals surface area (Å²) in [6.07, 6.45) is 0. The van der Waals surface area contributed by atoms with Crippen molar-refractivity contribution in [2.24, 2.45) is 0 Å². The average molecular weight is 375 g/mol. The number of methoxy groups -OCH3 is 1. The van der Waals surface area contributed by atoms with Crippen molar-refractivity contribution in [3.63, 3.8) is 0 Å². The van der Waals surface area contributed by atoms with Crippen molar-refractivity contribution in [1.29, 1.82) is 0 Å². The van der Waals surface area contributed by atoms with Crippen molar-refractivity contribution in [3.05, 3.63) is 36.4 Å². The number of aromatic nitrogens is 2. The summed E-state index contributed by atoms with van der Waals surface area (Å²) in [7, 11) is 1.52. The second-order valence-electron chi connectivity index (χ2n) is 4.92. The molecule has 23 heavy (non-hydrogen) atoms. The molecule has 1 aliphatic heterocycles. The van der Waals surface area contributed by atoms with E-state index in [0.717, 1.165) is 28.3 Å². The van der Waals surface area contributed by atoms with Crippen LogP contribution in [0.1, 0.15) is 0 Å². The number of hydrogen-bond donors (Lipinski definition) is 1. The quantitative estimate of drug-likeness (QED) is 0.709. The monoisotopic (exact) mass is 376 g/mol. The van der Waals surface area contributed by atoms with Crippen molar-refractivity contribution >= 4 is 15.0 Å². The maximum atomic E-state index is 9.98. The molecule has 0 spiro atoms. The normalized spacial score (nSPS) is 12.4. The molecule has 1 N–H and O–H groups in total. The molecule has 0 unspecified atom stereocenters. The van der Waals surface area contributed by atoms with Gasteiger partial charge >= 0.3 is 138 Å². The van der Waals surface area contributed by atoms with Crippen LogP contribution in [0.3, 0.4) is 0 Å². The number of benzene rings is 2. The molecule has 4 rings (SSSR count). The van der Waals surface area contributed by atoms with Crippen molar-refractivity contribution < 1.29 is 19.3 Å². The van der Waals surface area contributed by atoms with E-state index >= 15 is 0 Å². The van der Waals surface area contributed by atoms with Crippen molar-refractivity contribution in [3.8, 4) is 45.5 Å². The topological polar surface area (TPSA) is 73.7 Å². The number of fused-ring (bicyclic) bond motifs is 1. The Morgan fingerprint density at radius 1 is 1.00 bits per heavy atom. The SMILES string of the molecule is COc1ccc(-c2n[se]nc2-c2ccc3c(c2)OCO3)cc1O. The Morgan fingerprint density at radius 2 is 1.70 bits per heavy atom. The summed E-state index contributed by atoms with van der Waals surface area (Å²) in [4.78, 5) is 0. The standard InChI is InChI=1S/C16H12N2O4Se/c1-20-12-4-2-9(6-11(12)19)15-16(18-23-17-15)10-3-5-13-14(7-10)22-8-21-13/h2-7,19H,8H2,1H3. The van der Waals surface area contributed by atoms with Crippen LogP contribution in [0.2, 0.25) is 0 Å². The van der Waals surface area contributed by atoms with Crippen LogP contribution in [0.5, 0.6) is 23.0 Å². The first kappa shape index (κ1) is 14.1. The molecule has 2 aromatic carbocycles. The molecule has 1 aliphatic rings. The second-order valence-corrected chi connectivity index (χ2v) is 6.02. The number of aromatic hydroxyl groups is 1. The summed E-state index contributed by atoms with van der Waals surface area (Å²) < 4.78 is 24.9. The zero-order chi connectivity index (χ0) is 15.8. The molecule has 0 fully saturated rings. The predicted octanol–water partition coefficient (Wildman–Crippen LogP) is 2.31. The van der Waals surface area contributed by atoms with E-state index in [1.807, 2.05) is 24.3 Å². The zero-order valence-electron chi connectivity index (χ0n) is 12.1. The van der Waals surface area contributed by atoms with E-state index in [4.69, 9.17) is 14.2 Å². The van der Waals surface area contributed by atoms with Gasteiger partial charge in [0.1, 0.15) is 0 Å². The van der Waals surface area contributed by atoms with E-state index in [1.54, 1.807) is 12.1 Å². The molecule has 0 saturated carbocycles. The van der Waals surface area contributed by atoms with Gasteiger partial charge in [-0.3, -0.25) is 0 Å². The third-order valence-corrected chi connectivity index (χ3v) is 4.70. The minimum atomic E-state index is -0.198. The molecular formula is C16H12N2O4Se. The Labute approximate surface area is 138 Å². The van der Waals surface area contributed by atoms with E-state index in [1.165, 1.54) is 7.11 Å². The first-order chi connectivity index (χ1) is 11.3. The van der Waals surface area contributed by atoms with Gasteiger partial charge in [0.25, 0.3) is 0 Å². The molecule has 7 heteroatoms. The summed E-state index contributed by atoms with van der Waals surface area (Å²) in [6, 6.07) is 10.9. The molecule has 2 heterocycles. The fourth-order valence-corrected chi connectivity index (χ4v) is 3.68. The molecule has 3 aromatic rings. The van der Waals surface area contributed by atoms with Gasteiger partial charge in [0.05, 0.1) is 0 Å². The van der Waals surface area contributed by atoms with E-state index < -0.39 is 0 Å². The van der Waals surface area contributed by atoms with Crippen molar-refractivity contribution in [2.45, 2.75) is 0 Å². The Morgan fingerprint density at radius 3 is 2.43 bits per heavy atom. The first-order valence-electron chi connectivity index (χ1n) is 6.86. The molecule has 0 radical (unpaired) electrons. The Balaban J connectivity index is 1.78. The zero-order valence-corrected chi connectivity index (χ0v) is 13.9. The van der Waals surface area contributed by atoms with Gasteiger partial charge in [-0.2, -0.15) is 0 Å². The molecule has 0 aliphatic carbocycles. The molecule has 0 bridgehead atoms. The van der Waals surface area contributed by atoms with Gasteiger partial charge in [-0.25, -0.2) is 0 Å². The maximum absolute atomic E-state index is 9.98. The van der Waals surface area contributed by atoms with Crippen LogP contribution >= 0.6 is 0 Å². The third-order valence-electron chi connectivity index (χ3n) is 3.59. The Kier molecular flexibility index (Phi) is 3.44. The molecule has 1 aromatic heterocycles. The summed E-state index contributed by atoms with van der Waals surface area (Å²) in [5, 5.41) is 9.98. The second kappa shape index (κ2) is 5.61. The van der Waals surface area contributed by atoms with Gasteiger partial charge in [0.2, 0.25) is 0 Å². The Hall–Kier alpha value is -2.50. The average Bonchev–Trinajstić information content (AvgIpc) is 3.23. The minimum absolute atomic E-state index is 0.0807. The number of phenolic OH excluding ortho intramolecular Hbond substituents is 1. The molecule has 116 valence electrons. The van der Waals surface area contributed by atoms with Crippen LogP contribution in [0.25, 0.3) is 22.5 Å². The molecule has 6 nitrogen and oxygen atoms in total. The van der Waals surface area contributed by atoms with Crippen LogP contribution in [-0.4, -0.2) is 41.9 Å². The fourth-order valence-electron chi connectivity index (χ4n) is 2.45. The van der Waals surface area contributed by atoms with E-state index in [-0.39, 0.29) is 27.5 Å². The van der Waals surface area contributed by atoms with Crippen LogP contribution in [0.4, 0.5) is 0 Å². The van der Waals surface area contributed by atoms with Gasteiger partial charge < -0.3 is 0 Å². The number of phenols is 1. The van der Waals surface area contributed by atoms with Crippen LogP contribution in [-0.2, 0) is 0 Å². The van der Waals surface area contributed by atoms with E-state index in [2.05, 4.69) is 7.96 Å². The van der Waals surface area contributed by atoms with Crippen LogP contribution < -0.4 is 14.2 Å². The number of nitrogens with zero attached hydrogens (tertiary/aromatic N) is 2. The third kappa shape index (κ3) is 2.44. The van der Waals surface area contributed by atoms with Gasteiger partial charge in [-0.15, -0.1) is 0 Å². The van der Waals surface area contributed by atoms with Crippen LogP contribution in [0, 0.1) is 0 Å². The predicted molar refractivity (Wildman–Crippen MR) is 84.2 cm³/mol. The van der Waals surface area contributed by atoms with E-state index in [9.17, 15) is 5.11 Å². The summed E-state index contributed by atoms with van der Waals surface area (Å²) >= 11 is -0.198. The van der Waals surface area contributed by atoms with Crippen molar-refractivity contribution in [2.75, 3.05) is 13.9 Å². The summed E-state index contributed by atoms with van der Waals surface area (Å²) in [5.41, 5.74) is 3.29. The van der Waals surface area contributed by atoms with Gasteiger partial charge in [0, 0.05) is 0 Å². The van der Waals surface area contributed by atoms with Gasteiger partial charge in [0.15, 0.2) is 0 Å². The first-order valence-corrected chi connectivity index (χ1v) is 8.39. The molecular weight excluding hydrogens is 363 g/mol. The number of ether oxygens (including phenoxy) is 3. The summed E-state index contributed by atoms with van der Waals surface area (Å²) in [6.45, 7) is 0.239. The molecule has 0 atom stereocenters. The van der Waals surface area contributed by atoms with Crippen molar-refractivity contribution in [1.82, 2.24) is 7.96 Å². The number of hydrogen-bond acceptors (Lipinski definition) is 6.